The predicted octanol–water partition coefficient (Wildman–Crippen LogP) is 5.06. The van der Waals surface area contributed by atoms with E-state index in [0.717, 1.165) is 16.9 Å². The van der Waals surface area contributed by atoms with Gasteiger partial charge in [-0.2, -0.15) is 0 Å². The Labute approximate surface area is 151 Å². The van der Waals surface area contributed by atoms with Gasteiger partial charge in [0.15, 0.2) is 0 Å². The maximum absolute atomic E-state index is 12.8. The van der Waals surface area contributed by atoms with Crippen LogP contribution in [0, 0.1) is 5.82 Å². The first-order valence-corrected chi connectivity index (χ1v) is 8.20. The van der Waals surface area contributed by atoms with Crippen LogP contribution in [0.4, 0.5) is 10.1 Å². The van der Waals surface area contributed by atoms with Gasteiger partial charge < -0.3 is 10.1 Å². The largest absolute Gasteiger partial charge is 0.489 e. The van der Waals surface area contributed by atoms with Crippen molar-refractivity contribution in [2.45, 2.75) is 6.61 Å². The third-order valence-corrected chi connectivity index (χ3v) is 3.67. The number of carbonyl (C=O) groups is 1. The summed E-state index contributed by atoms with van der Waals surface area (Å²) in [5, 5.41) is 2.67. The van der Waals surface area contributed by atoms with Crippen molar-refractivity contribution in [1.82, 2.24) is 0 Å². The van der Waals surface area contributed by atoms with Crippen LogP contribution in [0.1, 0.15) is 11.1 Å². The van der Waals surface area contributed by atoms with Crippen LogP contribution in [0.5, 0.6) is 5.75 Å². The Morgan fingerprint density at radius 2 is 1.62 bits per heavy atom. The molecule has 0 aliphatic heterocycles. The normalized spacial score (nSPS) is 10.7. The molecule has 0 aliphatic rings. The van der Waals surface area contributed by atoms with Crippen molar-refractivity contribution in [2.75, 3.05) is 5.32 Å². The molecule has 0 saturated heterocycles. The molecule has 0 fully saturated rings. The molecule has 3 nitrogen and oxygen atoms in total. The number of nitrogens with one attached hydrogen (secondary N) is 1. The molecular formula is C22H18FNO2. The second-order valence-electron chi connectivity index (χ2n) is 5.67. The fourth-order valence-electron chi connectivity index (χ4n) is 2.31. The van der Waals surface area contributed by atoms with E-state index in [1.807, 2.05) is 54.6 Å². The molecule has 0 saturated carbocycles. The van der Waals surface area contributed by atoms with Crippen molar-refractivity contribution in [3.8, 4) is 5.75 Å². The summed E-state index contributed by atoms with van der Waals surface area (Å²) in [6.07, 6.45) is 3.14. The van der Waals surface area contributed by atoms with Crippen LogP contribution in [0.3, 0.4) is 0 Å². The maximum Gasteiger partial charge on any atom is 0.248 e. The summed E-state index contributed by atoms with van der Waals surface area (Å²) in [5.41, 5.74) is 2.53. The number of carbonyl (C=O) groups excluding carboxylic acids is 1. The first kappa shape index (κ1) is 17.4. The van der Waals surface area contributed by atoms with Gasteiger partial charge in [0.05, 0.1) is 0 Å². The lowest BCUT2D eigenvalue weighted by Gasteiger charge is -2.06. The third-order valence-electron chi connectivity index (χ3n) is 3.67. The lowest BCUT2D eigenvalue weighted by Crippen LogP contribution is -2.07. The van der Waals surface area contributed by atoms with E-state index >= 15 is 0 Å². The Hall–Kier alpha value is -3.40. The van der Waals surface area contributed by atoms with E-state index in [1.54, 1.807) is 6.08 Å². The summed E-state index contributed by atoms with van der Waals surface area (Å²) in [6.45, 7) is 0.510. The molecule has 0 spiro atoms. The van der Waals surface area contributed by atoms with Crippen LogP contribution in [-0.2, 0) is 11.4 Å². The number of hydrogen-bond acceptors (Lipinski definition) is 2. The number of amides is 1. The van der Waals surface area contributed by atoms with Gasteiger partial charge in [0.2, 0.25) is 5.91 Å². The van der Waals surface area contributed by atoms with E-state index in [0.29, 0.717) is 12.3 Å². The average molecular weight is 347 g/mol. The zero-order valence-electron chi connectivity index (χ0n) is 14.1. The van der Waals surface area contributed by atoms with Crippen LogP contribution in [0.25, 0.3) is 6.08 Å². The molecule has 3 aromatic rings. The van der Waals surface area contributed by atoms with E-state index in [-0.39, 0.29) is 11.7 Å². The van der Waals surface area contributed by atoms with Crippen molar-refractivity contribution < 1.29 is 13.9 Å². The predicted molar refractivity (Wildman–Crippen MR) is 101 cm³/mol. The lowest BCUT2D eigenvalue weighted by molar-refractivity contribution is -0.111. The van der Waals surface area contributed by atoms with Crippen molar-refractivity contribution in [3.05, 3.63) is 102 Å². The molecule has 0 heterocycles. The van der Waals surface area contributed by atoms with E-state index in [1.165, 1.54) is 30.3 Å². The summed E-state index contributed by atoms with van der Waals surface area (Å²) in [7, 11) is 0. The fraction of sp³-hybridized carbons (Fsp3) is 0.0455. The first-order chi connectivity index (χ1) is 12.7. The molecule has 0 atom stereocenters. The average Bonchev–Trinajstić information content (AvgIpc) is 2.68. The van der Waals surface area contributed by atoms with Gasteiger partial charge in [-0.15, -0.1) is 0 Å². The molecule has 0 aromatic heterocycles. The lowest BCUT2D eigenvalue weighted by atomic mass is 10.2. The van der Waals surface area contributed by atoms with Crippen molar-refractivity contribution >= 4 is 17.7 Å². The molecule has 130 valence electrons. The van der Waals surface area contributed by atoms with Crippen molar-refractivity contribution in [1.29, 1.82) is 0 Å². The highest BCUT2D eigenvalue weighted by Crippen LogP contribution is 2.15. The Morgan fingerprint density at radius 1 is 0.923 bits per heavy atom. The Kier molecular flexibility index (Phi) is 5.78. The molecule has 0 bridgehead atoms. The molecule has 3 aromatic carbocycles. The number of anilines is 1. The molecule has 26 heavy (non-hydrogen) atoms. The molecule has 0 aliphatic carbocycles. The van der Waals surface area contributed by atoms with E-state index in [4.69, 9.17) is 4.74 Å². The highest BCUT2D eigenvalue weighted by molar-refractivity contribution is 6.01. The van der Waals surface area contributed by atoms with Gasteiger partial charge in [0.1, 0.15) is 18.2 Å². The number of rotatable bonds is 6. The smallest absolute Gasteiger partial charge is 0.248 e. The second kappa shape index (κ2) is 8.62. The Balaban J connectivity index is 1.52. The monoisotopic (exact) mass is 347 g/mol. The zero-order valence-corrected chi connectivity index (χ0v) is 14.1. The third kappa shape index (κ3) is 5.31. The van der Waals surface area contributed by atoms with Crippen LogP contribution in [-0.4, -0.2) is 5.91 Å². The maximum atomic E-state index is 12.8. The van der Waals surface area contributed by atoms with Gasteiger partial charge in [0.25, 0.3) is 0 Å². The van der Waals surface area contributed by atoms with Crippen LogP contribution in [0.2, 0.25) is 0 Å². The van der Waals surface area contributed by atoms with Gasteiger partial charge in [-0.05, 0) is 53.6 Å². The Bertz CT molecular complexity index is 872. The molecule has 0 radical (unpaired) electrons. The van der Waals surface area contributed by atoms with Crippen LogP contribution < -0.4 is 10.1 Å². The SMILES string of the molecule is O=C(/C=C/c1ccc(OCc2ccccc2)cc1)Nc1ccc(F)cc1. The van der Waals surface area contributed by atoms with Crippen molar-refractivity contribution in [3.63, 3.8) is 0 Å². The topological polar surface area (TPSA) is 38.3 Å². The van der Waals surface area contributed by atoms with Gasteiger partial charge >= 0.3 is 0 Å². The first-order valence-electron chi connectivity index (χ1n) is 8.20. The molecule has 4 heteroatoms. The highest BCUT2D eigenvalue weighted by atomic mass is 19.1. The number of hydrogen-bond donors (Lipinski definition) is 1. The summed E-state index contributed by atoms with van der Waals surface area (Å²) < 4.78 is 18.6. The number of benzene rings is 3. The minimum absolute atomic E-state index is 0.277. The molecule has 1 amide bonds. The Morgan fingerprint density at radius 3 is 2.31 bits per heavy atom. The van der Waals surface area contributed by atoms with E-state index < -0.39 is 0 Å². The molecule has 0 unspecified atom stereocenters. The quantitative estimate of drug-likeness (QED) is 0.633. The van der Waals surface area contributed by atoms with E-state index in [9.17, 15) is 9.18 Å². The summed E-state index contributed by atoms with van der Waals surface area (Å²) in [5.74, 6) is 0.149. The minimum atomic E-state index is -0.340. The van der Waals surface area contributed by atoms with Crippen molar-refractivity contribution in [2.24, 2.45) is 0 Å². The summed E-state index contributed by atoms with van der Waals surface area (Å²) in [6, 6.07) is 23.0. The number of halogens is 1. The fourth-order valence-corrected chi connectivity index (χ4v) is 2.31. The molecule has 3 rings (SSSR count). The highest BCUT2D eigenvalue weighted by Gasteiger charge is 1.99. The minimum Gasteiger partial charge on any atom is -0.489 e. The summed E-state index contributed by atoms with van der Waals surface area (Å²) >= 11 is 0. The number of ether oxygens (including phenoxy) is 1. The van der Waals surface area contributed by atoms with Gasteiger partial charge in [-0.1, -0.05) is 42.5 Å². The molecular weight excluding hydrogens is 329 g/mol. The second-order valence-corrected chi connectivity index (χ2v) is 5.67. The van der Waals surface area contributed by atoms with Gasteiger partial charge in [0, 0.05) is 11.8 Å². The molecule has 1 N–H and O–H groups in total. The van der Waals surface area contributed by atoms with Gasteiger partial charge in [-0.3, -0.25) is 4.79 Å². The van der Waals surface area contributed by atoms with E-state index in [2.05, 4.69) is 5.32 Å². The van der Waals surface area contributed by atoms with Crippen LogP contribution >= 0.6 is 0 Å². The van der Waals surface area contributed by atoms with Gasteiger partial charge in [-0.25, -0.2) is 4.39 Å². The van der Waals surface area contributed by atoms with Crippen LogP contribution in [0.15, 0.2) is 84.9 Å². The summed E-state index contributed by atoms with van der Waals surface area (Å²) in [4.78, 5) is 11.9. The zero-order chi connectivity index (χ0) is 18.2. The standard InChI is InChI=1S/C22H18FNO2/c23-19-9-11-20(12-10-19)24-22(25)15-8-17-6-13-21(14-7-17)26-16-18-4-2-1-3-5-18/h1-15H,16H2,(H,24,25)/b15-8+.